The lowest BCUT2D eigenvalue weighted by Crippen LogP contribution is -2.50. The van der Waals surface area contributed by atoms with Crippen LogP contribution in [-0.2, 0) is 14.4 Å². The van der Waals surface area contributed by atoms with Gasteiger partial charge in [-0.05, 0) is 42.3 Å². The fourth-order valence-electron chi connectivity index (χ4n) is 4.83. The van der Waals surface area contributed by atoms with E-state index < -0.39 is 54.7 Å². The van der Waals surface area contributed by atoms with Gasteiger partial charge in [0.1, 0.15) is 6.17 Å². The van der Waals surface area contributed by atoms with E-state index in [2.05, 4.69) is 10.6 Å². The third kappa shape index (κ3) is 7.25. The van der Waals surface area contributed by atoms with Gasteiger partial charge < -0.3 is 21.3 Å². The average molecular weight is 628 g/mol. The summed E-state index contributed by atoms with van der Waals surface area (Å²) in [5.74, 6) is -5.24. The Kier molecular flexibility index (Phi) is 9.36. The molecule has 3 atom stereocenters. The van der Waals surface area contributed by atoms with Crippen molar-refractivity contribution in [2.75, 3.05) is 10.2 Å². The fourth-order valence-corrected chi connectivity index (χ4v) is 5.34. The van der Waals surface area contributed by atoms with Gasteiger partial charge in [0.15, 0.2) is 0 Å². The van der Waals surface area contributed by atoms with Crippen molar-refractivity contribution in [2.24, 2.45) is 11.7 Å². The van der Waals surface area contributed by atoms with Crippen LogP contribution in [0, 0.1) is 5.92 Å². The van der Waals surface area contributed by atoms with Gasteiger partial charge in [-0.2, -0.15) is 13.2 Å². The van der Waals surface area contributed by atoms with Crippen LogP contribution in [0.3, 0.4) is 0 Å². The number of carbonyl (C=O) groups is 3. The van der Waals surface area contributed by atoms with E-state index in [1.165, 1.54) is 24.3 Å². The summed E-state index contributed by atoms with van der Waals surface area (Å²) in [5, 5.41) is 6.08. The van der Waals surface area contributed by atoms with Crippen molar-refractivity contribution in [3.63, 3.8) is 0 Å². The number of benzene rings is 3. The van der Waals surface area contributed by atoms with Crippen LogP contribution >= 0.6 is 34.8 Å². The molecule has 1 aliphatic rings. The number of primary amides is 1. The Morgan fingerprint density at radius 1 is 1.00 bits per heavy atom. The van der Waals surface area contributed by atoms with Gasteiger partial charge in [-0.3, -0.25) is 14.4 Å². The van der Waals surface area contributed by atoms with E-state index in [1.807, 2.05) is 0 Å². The van der Waals surface area contributed by atoms with E-state index in [0.717, 1.165) is 0 Å². The Hall–Kier alpha value is -3.47. The molecule has 1 heterocycles. The molecule has 1 aliphatic heterocycles. The number of amides is 3. The summed E-state index contributed by atoms with van der Waals surface area (Å²) in [6.45, 7) is 0. The molecule has 4 N–H and O–H groups in total. The van der Waals surface area contributed by atoms with E-state index in [9.17, 15) is 27.6 Å². The molecule has 0 saturated carbocycles. The topological polar surface area (TPSA) is 105 Å². The molecule has 0 fully saturated rings. The SMILES string of the molecule is NC(=O)[C@H](c1ccccc1)[C@@H](CCC(F)(F)F)C(=O)NC1CC(=O)Nc2c(Cl)cccc2N1c1ccc(Cl)c(Cl)c1. The molecule has 1 unspecified atom stereocenters. The van der Waals surface area contributed by atoms with E-state index in [1.54, 1.807) is 47.4 Å². The van der Waals surface area contributed by atoms with Crippen molar-refractivity contribution in [3.05, 3.63) is 87.4 Å². The highest BCUT2D eigenvalue weighted by Crippen LogP contribution is 2.42. The first kappa shape index (κ1) is 30.5. The maximum Gasteiger partial charge on any atom is 0.389 e. The first-order chi connectivity index (χ1) is 19.4. The predicted molar refractivity (Wildman–Crippen MR) is 152 cm³/mol. The van der Waals surface area contributed by atoms with Crippen LogP contribution in [0.4, 0.5) is 30.2 Å². The molecule has 41 heavy (non-hydrogen) atoms. The molecule has 0 radical (unpaired) electrons. The lowest BCUT2D eigenvalue weighted by atomic mass is 9.81. The van der Waals surface area contributed by atoms with Crippen molar-refractivity contribution in [1.29, 1.82) is 0 Å². The number of fused-ring (bicyclic) bond motifs is 1. The van der Waals surface area contributed by atoms with E-state index in [0.29, 0.717) is 16.9 Å². The minimum atomic E-state index is -4.60. The summed E-state index contributed by atoms with van der Waals surface area (Å²) in [7, 11) is 0. The standard InChI is InChI=1S/C28H24Cl3F3N4O3/c29-18-10-9-16(13-20(18)31)38-21-8-4-7-19(30)25(21)37-23(39)14-22(38)36-27(41)17(11-12-28(32,33)34)24(26(35)40)15-5-2-1-3-6-15/h1-10,13,17,22,24H,11-12,14H2,(H2,35,40)(H,36,41)(H,37,39)/t17-,22?,24-/m1/s1. The van der Waals surface area contributed by atoms with Gasteiger partial charge in [0.2, 0.25) is 17.7 Å². The quantitative estimate of drug-likeness (QED) is 0.256. The number of para-hydroxylation sites is 1. The molecule has 3 aromatic carbocycles. The van der Waals surface area contributed by atoms with Gasteiger partial charge in [-0.1, -0.05) is 71.2 Å². The second kappa shape index (κ2) is 12.6. The highest BCUT2D eigenvalue weighted by molar-refractivity contribution is 6.42. The Bertz CT molecular complexity index is 1460. The zero-order valence-corrected chi connectivity index (χ0v) is 23.5. The number of halogens is 6. The van der Waals surface area contributed by atoms with Crippen LogP contribution in [0.5, 0.6) is 0 Å². The van der Waals surface area contributed by atoms with Crippen molar-refractivity contribution < 1.29 is 27.6 Å². The Balaban J connectivity index is 1.79. The highest BCUT2D eigenvalue weighted by atomic mass is 35.5. The third-order valence-electron chi connectivity index (χ3n) is 6.64. The second-order valence-electron chi connectivity index (χ2n) is 9.43. The average Bonchev–Trinajstić information content (AvgIpc) is 3.04. The first-order valence-electron chi connectivity index (χ1n) is 12.4. The van der Waals surface area contributed by atoms with Crippen molar-refractivity contribution >= 4 is 69.6 Å². The number of anilines is 3. The summed E-state index contributed by atoms with van der Waals surface area (Å²) >= 11 is 18.8. The summed E-state index contributed by atoms with van der Waals surface area (Å²) in [6, 6.07) is 17.4. The van der Waals surface area contributed by atoms with Gasteiger partial charge in [-0.15, -0.1) is 0 Å². The number of nitrogens with zero attached hydrogens (tertiary/aromatic N) is 1. The summed E-state index contributed by atoms with van der Waals surface area (Å²) in [4.78, 5) is 40.9. The molecule has 3 aromatic rings. The number of hydrogen-bond acceptors (Lipinski definition) is 4. The van der Waals surface area contributed by atoms with E-state index >= 15 is 0 Å². The third-order valence-corrected chi connectivity index (χ3v) is 7.69. The second-order valence-corrected chi connectivity index (χ2v) is 10.7. The molecule has 0 spiro atoms. The van der Waals surface area contributed by atoms with Crippen LogP contribution in [0.15, 0.2) is 66.7 Å². The first-order valence-corrected chi connectivity index (χ1v) is 13.5. The smallest absolute Gasteiger partial charge is 0.369 e. The molecule has 13 heteroatoms. The highest BCUT2D eigenvalue weighted by Gasteiger charge is 2.40. The molecule has 0 aliphatic carbocycles. The van der Waals surface area contributed by atoms with Gasteiger partial charge in [0.05, 0.1) is 44.7 Å². The van der Waals surface area contributed by atoms with Crippen molar-refractivity contribution in [1.82, 2.24) is 5.32 Å². The number of rotatable bonds is 8. The predicted octanol–water partition coefficient (Wildman–Crippen LogP) is 6.80. The number of hydrogen-bond donors (Lipinski definition) is 3. The summed E-state index contributed by atoms with van der Waals surface area (Å²) in [6.07, 6.45) is -8.10. The molecular weight excluding hydrogens is 604 g/mol. The number of carbonyl (C=O) groups excluding carboxylic acids is 3. The van der Waals surface area contributed by atoms with Gasteiger partial charge in [0, 0.05) is 12.1 Å². The lowest BCUT2D eigenvalue weighted by molar-refractivity contribution is -0.144. The minimum absolute atomic E-state index is 0.183. The molecule has 216 valence electrons. The van der Waals surface area contributed by atoms with Gasteiger partial charge in [0.25, 0.3) is 0 Å². The van der Waals surface area contributed by atoms with E-state index in [-0.39, 0.29) is 27.2 Å². The number of alkyl halides is 3. The van der Waals surface area contributed by atoms with Crippen LogP contribution in [-0.4, -0.2) is 30.1 Å². The maximum absolute atomic E-state index is 13.8. The number of nitrogens with two attached hydrogens (primary N) is 1. The van der Waals surface area contributed by atoms with E-state index in [4.69, 9.17) is 40.5 Å². The normalized spacial score (nSPS) is 16.7. The van der Waals surface area contributed by atoms with Gasteiger partial charge >= 0.3 is 6.18 Å². The Morgan fingerprint density at radius 2 is 1.71 bits per heavy atom. The van der Waals surface area contributed by atoms with Crippen molar-refractivity contribution in [2.45, 2.75) is 37.5 Å². The molecule has 7 nitrogen and oxygen atoms in total. The fraction of sp³-hybridized carbons (Fsp3) is 0.250. The Labute approximate surface area is 248 Å². The van der Waals surface area contributed by atoms with Crippen molar-refractivity contribution in [3.8, 4) is 0 Å². The molecule has 4 rings (SSSR count). The number of nitrogens with one attached hydrogen (secondary N) is 2. The summed E-state index contributed by atoms with van der Waals surface area (Å²) in [5.41, 5.74) is 6.98. The molecule has 3 amide bonds. The molecule has 0 saturated heterocycles. The molecule has 0 bridgehead atoms. The van der Waals surface area contributed by atoms with Crippen LogP contribution in [0.25, 0.3) is 0 Å². The summed E-state index contributed by atoms with van der Waals surface area (Å²) < 4.78 is 40.0. The molecular formula is C28H24Cl3F3N4O3. The zero-order valence-electron chi connectivity index (χ0n) is 21.2. The Morgan fingerprint density at radius 3 is 2.34 bits per heavy atom. The van der Waals surface area contributed by atoms with Crippen LogP contribution < -0.4 is 21.3 Å². The van der Waals surface area contributed by atoms with Crippen LogP contribution in [0.2, 0.25) is 15.1 Å². The van der Waals surface area contributed by atoms with Gasteiger partial charge in [-0.25, -0.2) is 0 Å². The largest absolute Gasteiger partial charge is 0.389 e. The zero-order chi connectivity index (χ0) is 29.9. The van der Waals surface area contributed by atoms with Crippen LogP contribution in [0.1, 0.15) is 30.7 Å². The monoisotopic (exact) mass is 626 g/mol. The molecule has 0 aromatic heterocycles. The lowest BCUT2D eigenvalue weighted by Gasteiger charge is -2.35. The maximum atomic E-state index is 13.8. The minimum Gasteiger partial charge on any atom is -0.369 e.